The molecule has 0 saturated carbocycles. The van der Waals surface area contributed by atoms with Gasteiger partial charge in [-0.1, -0.05) is 6.58 Å². The average molecular weight is 196 g/mol. The quantitative estimate of drug-likeness (QED) is 0.618. The summed E-state index contributed by atoms with van der Waals surface area (Å²) in [5.74, 6) is 0.0564. The van der Waals surface area contributed by atoms with Gasteiger partial charge in [-0.05, 0) is 26.8 Å². The maximum Gasteiger partial charge on any atom is 0.246 e. The molecule has 1 fully saturated rings. The molecule has 80 valence electrons. The number of hydrogen-bond donors (Lipinski definition) is 0. The Kier molecular flexibility index (Phi) is 3.69. The summed E-state index contributed by atoms with van der Waals surface area (Å²) in [6.45, 7) is 12.8. The first-order valence-electron chi connectivity index (χ1n) is 5.23. The van der Waals surface area contributed by atoms with E-state index >= 15 is 0 Å². The van der Waals surface area contributed by atoms with Crippen molar-refractivity contribution in [3.05, 3.63) is 12.7 Å². The highest BCUT2D eigenvalue weighted by molar-refractivity contribution is 5.87. The molecule has 3 nitrogen and oxygen atoms in total. The van der Waals surface area contributed by atoms with Crippen molar-refractivity contribution in [1.82, 2.24) is 9.80 Å². The molecular formula is C11H20N2O. The van der Waals surface area contributed by atoms with Crippen molar-refractivity contribution in [3.8, 4) is 0 Å². The summed E-state index contributed by atoms with van der Waals surface area (Å²) in [6.07, 6.45) is 1.40. The molecule has 0 N–H and O–H groups in total. The second kappa shape index (κ2) is 4.60. The van der Waals surface area contributed by atoms with E-state index in [1.165, 1.54) is 6.08 Å². The van der Waals surface area contributed by atoms with Crippen molar-refractivity contribution in [1.29, 1.82) is 0 Å². The largest absolute Gasteiger partial charge is 0.334 e. The summed E-state index contributed by atoms with van der Waals surface area (Å²) >= 11 is 0. The van der Waals surface area contributed by atoms with Crippen LogP contribution in [0.25, 0.3) is 0 Å². The van der Waals surface area contributed by atoms with Crippen LogP contribution in [0.2, 0.25) is 0 Å². The summed E-state index contributed by atoms with van der Waals surface area (Å²) < 4.78 is 0. The molecular weight excluding hydrogens is 176 g/mol. The lowest BCUT2D eigenvalue weighted by Crippen LogP contribution is -2.55. The van der Waals surface area contributed by atoms with Crippen LogP contribution in [0, 0.1) is 0 Å². The summed E-state index contributed by atoms with van der Waals surface area (Å²) in [5, 5.41) is 0. The number of hydrogen-bond acceptors (Lipinski definition) is 2. The molecule has 1 heterocycles. The van der Waals surface area contributed by atoms with Gasteiger partial charge in [0.2, 0.25) is 5.91 Å². The molecule has 1 amide bonds. The first-order valence-corrected chi connectivity index (χ1v) is 5.23. The van der Waals surface area contributed by atoms with Gasteiger partial charge in [-0.3, -0.25) is 9.69 Å². The minimum Gasteiger partial charge on any atom is -0.334 e. The topological polar surface area (TPSA) is 23.6 Å². The van der Waals surface area contributed by atoms with Crippen molar-refractivity contribution >= 4 is 5.91 Å². The van der Waals surface area contributed by atoms with Crippen molar-refractivity contribution in [2.24, 2.45) is 0 Å². The van der Waals surface area contributed by atoms with Gasteiger partial charge in [-0.15, -0.1) is 0 Å². The maximum absolute atomic E-state index is 11.4. The Morgan fingerprint density at radius 3 is 2.57 bits per heavy atom. The van der Waals surface area contributed by atoms with E-state index in [-0.39, 0.29) is 5.91 Å². The number of piperazine rings is 1. The molecule has 3 heteroatoms. The molecule has 14 heavy (non-hydrogen) atoms. The zero-order valence-corrected chi connectivity index (χ0v) is 9.36. The van der Waals surface area contributed by atoms with Gasteiger partial charge in [0.05, 0.1) is 0 Å². The lowest BCUT2D eigenvalue weighted by atomic mass is 10.1. The highest BCUT2D eigenvalue weighted by Gasteiger charge is 2.26. The van der Waals surface area contributed by atoms with Gasteiger partial charge in [-0.2, -0.15) is 0 Å². The van der Waals surface area contributed by atoms with Crippen molar-refractivity contribution in [3.63, 3.8) is 0 Å². The van der Waals surface area contributed by atoms with Crippen LogP contribution in [0.15, 0.2) is 12.7 Å². The Hall–Kier alpha value is -0.830. The van der Waals surface area contributed by atoms with Gasteiger partial charge in [0.25, 0.3) is 0 Å². The molecule has 1 atom stereocenters. The Bertz CT molecular complexity index is 225. The average Bonchev–Trinajstić information content (AvgIpc) is 2.16. The minimum absolute atomic E-state index is 0.0564. The molecule has 1 saturated heterocycles. The van der Waals surface area contributed by atoms with E-state index < -0.39 is 0 Å². The zero-order valence-electron chi connectivity index (χ0n) is 9.36. The highest BCUT2D eigenvalue weighted by Crippen LogP contribution is 2.12. The van der Waals surface area contributed by atoms with Crippen LogP contribution in [0.4, 0.5) is 0 Å². The number of carbonyl (C=O) groups excluding carboxylic acids is 1. The third-order valence-corrected chi connectivity index (χ3v) is 2.85. The molecule has 0 bridgehead atoms. The number of amides is 1. The Labute approximate surface area is 86.4 Å². The van der Waals surface area contributed by atoms with Crippen molar-refractivity contribution in [2.45, 2.75) is 32.9 Å². The molecule has 0 aromatic rings. The van der Waals surface area contributed by atoms with E-state index in [1.54, 1.807) is 0 Å². The molecule has 0 aromatic carbocycles. The lowest BCUT2D eigenvalue weighted by Gasteiger charge is -2.41. The van der Waals surface area contributed by atoms with Gasteiger partial charge in [-0.25, -0.2) is 0 Å². The van der Waals surface area contributed by atoms with E-state index in [0.717, 1.165) is 19.6 Å². The lowest BCUT2D eigenvalue weighted by molar-refractivity contribution is -0.130. The van der Waals surface area contributed by atoms with Crippen molar-refractivity contribution in [2.75, 3.05) is 19.6 Å². The first-order chi connectivity index (χ1) is 6.56. The summed E-state index contributed by atoms with van der Waals surface area (Å²) in [4.78, 5) is 15.7. The third-order valence-electron chi connectivity index (χ3n) is 2.85. The molecule has 1 rings (SSSR count). The van der Waals surface area contributed by atoms with Gasteiger partial charge >= 0.3 is 0 Å². The summed E-state index contributed by atoms with van der Waals surface area (Å²) in [7, 11) is 0. The van der Waals surface area contributed by atoms with Crippen LogP contribution in [0.1, 0.15) is 20.8 Å². The van der Waals surface area contributed by atoms with E-state index in [4.69, 9.17) is 0 Å². The third kappa shape index (κ3) is 2.35. The van der Waals surface area contributed by atoms with Crippen LogP contribution in [-0.2, 0) is 4.79 Å². The molecule has 0 spiro atoms. The van der Waals surface area contributed by atoms with Crippen LogP contribution in [-0.4, -0.2) is 47.4 Å². The predicted octanol–water partition coefficient (Wildman–Crippen LogP) is 1.11. The molecule has 0 radical (unpaired) electrons. The molecule has 1 aliphatic rings. The Morgan fingerprint density at radius 1 is 1.50 bits per heavy atom. The monoisotopic (exact) mass is 196 g/mol. The smallest absolute Gasteiger partial charge is 0.246 e. The second-order valence-corrected chi connectivity index (χ2v) is 4.17. The predicted molar refractivity (Wildman–Crippen MR) is 58.1 cm³/mol. The molecule has 0 aromatic heterocycles. The maximum atomic E-state index is 11.4. The van der Waals surface area contributed by atoms with Crippen LogP contribution < -0.4 is 0 Å². The summed E-state index contributed by atoms with van der Waals surface area (Å²) in [6, 6.07) is 0.870. The number of rotatable bonds is 2. The fraction of sp³-hybridized carbons (Fsp3) is 0.727. The SMILES string of the molecule is C=CC(=O)N1CCN(C(C)C)C[C@@H]1C. The Morgan fingerprint density at radius 2 is 2.14 bits per heavy atom. The highest BCUT2D eigenvalue weighted by atomic mass is 16.2. The van der Waals surface area contributed by atoms with Gasteiger partial charge in [0.15, 0.2) is 0 Å². The number of nitrogens with zero attached hydrogens (tertiary/aromatic N) is 2. The van der Waals surface area contributed by atoms with Crippen LogP contribution >= 0.6 is 0 Å². The minimum atomic E-state index is 0.0564. The first kappa shape index (κ1) is 11.2. The van der Waals surface area contributed by atoms with Crippen molar-refractivity contribution < 1.29 is 4.79 Å². The van der Waals surface area contributed by atoms with E-state index in [0.29, 0.717) is 12.1 Å². The molecule has 0 unspecified atom stereocenters. The van der Waals surface area contributed by atoms with E-state index in [1.807, 2.05) is 4.90 Å². The van der Waals surface area contributed by atoms with Gasteiger partial charge in [0, 0.05) is 31.7 Å². The van der Waals surface area contributed by atoms with Gasteiger partial charge in [0.1, 0.15) is 0 Å². The normalized spacial score (nSPS) is 24.0. The van der Waals surface area contributed by atoms with Crippen LogP contribution in [0.3, 0.4) is 0 Å². The number of carbonyl (C=O) groups is 1. The standard InChI is InChI=1S/C11H20N2O/c1-5-11(14)13-7-6-12(9(2)3)8-10(13)4/h5,9-10H,1,6-8H2,2-4H3/t10-/m0/s1. The summed E-state index contributed by atoms with van der Waals surface area (Å²) in [5.41, 5.74) is 0. The van der Waals surface area contributed by atoms with Crippen LogP contribution in [0.5, 0.6) is 0 Å². The second-order valence-electron chi connectivity index (χ2n) is 4.17. The van der Waals surface area contributed by atoms with E-state index in [9.17, 15) is 4.79 Å². The van der Waals surface area contributed by atoms with E-state index in [2.05, 4.69) is 32.3 Å². The van der Waals surface area contributed by atoms with Gasteiger partial charge < -0.3 is 4.90 Å². The Balaban J connectivity index is 2.56. The molecule has 0 aliphatic carbocycles. The fourth-order valence-electron chi connectivity index (χ4n) is 1.90. The zero-order chi connectivity index (χ0) is 10.7. The fourth-order valence-corrected chi connectivity index (χ4v) is 1.90. The molecule has 1 aliphatic heterocycles.